The van der Waals surface area contributed by atoms with Gasteiger partial charge in [0.05, 0.1) is 12.8 Å². The van der Waals surface area contributed by atoms with E-state index in [1.807, 2.05) is 6.07 Å². The second kappa shape index (κ2) is 6.10. The Kier molecular flexibility index (Phi) is 4.23. The van der Waals surface area contributed by atoms with Crippen molar-refractivity contribution in [3.63, 3.8) is 0 Å². The average molecular weight is 298 g/mol. The molecule has 0 radical (unpaired) electrons. The Morgan fingerprint density at radius 1 is 1.27 bits per heavy atom. The number of nitrogens with zero attached hydrogens (tertiary/aromatic N) is 4. The van der Waals surface area contributed by atoms with Crippen LogP contribution in [-0.4, -0.2) is 16.8 Å². The molecule has 2 aromatic rings. The van der Waals surface area contributed by atoms with Gasteiger partial charge in [0.25, 0.3) is 5.56 Å². The van der Waals surface area contributed by atoms with Crippen LogP contribution in [0.15, 0.2) is 39.3 Å². The number of methoxy groups -OCH3 is 1. The van der Waals surface area contributed by atoms with E-state index in [2.05, 4.69) is 10.2 Å². The third kappa shape index (κ3) is 2.67. The predicted octanol–water partition coefficient (Wildman–Crippen LogP) is 2.70. The van der Waals surface area contributed by atoms with Gasteiger partial charge in [-0.2, -0.15) is 10.4 Å². The van der Waals surface area contributed by atoms with Crippen molar-refractivity contribution in [1.82, 2.24) is 4.57 Å². The number of nitriles is 1. The summed E-state index contributed by atoms with van der Waals surface area (Å²) in [6, 6.07) is 8.67. The Labute approximate surface area is 126 Å². The summed E-state index contributed by atoms with van der Waals surface area (Å²) < 4.78 is 6.01. The van der Waals surface area contributed by atoms with Gasteiger partial charge in [-0.3, -0.25) is 9.36 Å². The highest BCUT2D eigenvalue weighted by Gasteiger charge is 2.16. The van der Waals surface area contributed by atoms with Gasteiger partial charge in [-0.05, 0) is 31.2 Å². The first-order chi connectivity index (χ1) is 10.5. The number of benzene rings is 1. The zero-order valence-corrected chi connectivity index (χ0v) is 12.4. The number of rotatable bonds is 3. The largest absolute Gasteiger partial charge is 0.497 e. The van der Waals surface area contributed by atoms with Gasteiger partial charge in [-0.15, -0.1) is 5.11 Å². The van der Waals surface area contributed by atoms with Crippen molar-refractivity contribution in [1.29, 1.82) is 5.26 Å². The van der Waals surface area contributed by atoms with Crippen molar-refractivity contribution >= 4 is 11.4 Å². The van der Waals surface area contributed by atoms with Crippen LogP contribution in [0.2, 0.25) is 0 Å². The molecule has 0 aliphatic carbocycles. The Morgan fingerprint density at radius 2 is 1.91 bits per heavy atom. The molecular formula is C15H14N4O3. The number of hydrogen-bond acceptors (Lipinski definition) is 6. The lowest BCUT2D eigenvalue weighted by molar-refractivity contribution is 0.415. The van der Waals surface area contributed by atoms with Crippen LogP contribution >= 0.6 is 0 Å². The van der Waals surface area contributed by atoms with Gasteiger partial charge in [0.2, 0.25) is 5.88 Å². The van der Waals surface area contributed by atoms with Crippen molar-refractivity contribution in [3.8, 4) is 17.7 Å². The molecule has 1 aromatic heterocycles. The van der Waals surface area contributed by atoms with Crippen LogP contribution in [0.5, 0.6) is 11.6 Å². The number of ether oxygens (including phenoxy) is 1. The topological polar surface area (TPSA) is 100.0 Å². The van der Waals surface area contributed by atoms with Gasteiger partial charge >= 0.3 is 0 Å². The maximum atomic E-state index is 12.1. The summed E-state index contributed by atoms with van der Waals surface area (Å²) >= 11 is 0. The Morgan fingerprint density at radius 3 is 2.45 bits per heavy atom. The molecule has 1 heterocycles. The van der Waals surface area contributed by atoms with Crippen LogP contribution in [0.3, 0.4) is 0 Å². The summed E-state index contributed by atoms with van der Waals surface area (Å²) in [4.78, 5) is 12.1. The van der Waals surface area contributed by atoms with E-state index in [4.69, 9.17) is 10.00 Å². The quantitative estimate of drug-likeness (QED) is 0.880. The van der Waals surface area contributed by atoms with Crippen LogP contribution < -0.4 is 10.3 Å². The second-order valence-corrected chi connectivity index (χ2v) is 4.55. The van der Waals surface area contributed by atoms with Gasteiger partial charge in [-0.25, -0.2) is 0 Å². The molecule has 22 heavy (non-hydrogen) atoms. The molecule has 0 unspecified atom stereocenters. The number of aromatic hydroxyl groups is 1. The molecule has 0 amide bonds. The molecule has 0 atom stereocenters. The molecule has 1 N–H and O–H groups in total. The lowest BCUT2D eigenvalue weighted by atomic mass is 10.1. The van der Waals surface area contributed by atoms with Crippen LogP contribution in [0.25, 0.3) is 0 Å². The van der Waals surface area contributed by atoms with E-state index in [0.29, 0.717) is 17.0 Å². The van der Waals surface area contributed by atoms with Crippen LogP contribution in [0.1, 0.15) is 11.1 Å². The van der Waals surface area contributed by atoms with E-state index in [1.165, 1.54) is 7.05 Å². The lowest BCUT2D eigenvalue weighted by Gasteiger charge is -2.08. The van der Waals surface area contributed by atoms with Crippen LogP contribution in [0.4, 0.5) is 11.4 Å². The van der Waals surface area contributed by atoms with Gasteiger partial charge in [0, 0.05) is 12.6 Å². The lowest BCUT2D eigenvalue weighted by Crippen LogP contribution is -2.18. The van der Waals surface area contributed by atoms with Crippen molar-refractivity contribution in [2.24, 2.45) is 17.3 Å². The number of azo groups is 1. The molecule has 0 aliphatic rings. The van der Waals surface area contributed by atoms with E-state index in [0.717, 1.165) is 4.57 Å². The first-order valence-corrected chi connectivity index (χ1v) is 6.38. The average Bonchev–Trinajstić information content (AvgIpc) is 2.54. The normalized spacial score (nSPS) is 10.6. The number of pyridine rings is 1. The van der Waals surface area contributed by atoms with Crippen LogP contribution in [0, 0.1) is 18.3 Å². The molecule has 0 saturated heterocycles. The summed E-state index contributed by atoms with van der Waals surface area (Å²) in [5.41, 5.74) is 0.332. The molecule has 0 spiro atoms. The van der Waals surface area contributed by atoms with Gasteiger partial charge in [0.15, 0.2) is 5.69 Å². The van der Waals surface area contributed by atoms with E-state index in [9.17, 15) is 9.90 Å². The maximum Gasteiger partial charge on any atom is 0.281 e. The number of aromatic nitrogens is 1. The molecule has 0 fully saturated rings. The highest BCUT2D eigenvalue weighted by atomic mass is 16.5. The summed E-state index contributed by atoms with van der Waals surface area (Å²) in [6.07, 6.45) is 0. The Hall–Kier alpha value is -3.14. The zero-order valence-electron chi connectivity index (χ0n) is 12.4. The summed E-state index contributed by atoms with van der Waals surface area (Å²) in [5.74, 6) is 0.302. The molecule has 0 saturated carbocycles. The minimum absolute atomic E-state index is 0.00535. The third-order valence-electron chi connectivity index (χ3n) is 3.23. The van der Waals surface area contributed by atoms with Crippen molar-refractivity contribution < 1.29 is 9.84 Å². The van der Waals surface area contributed by atoms with Gasteiger partial charge in [-0.1, -0.05) is 0 Å². The molecule has 0 bridgehead atoms. The highest BCUT2D eigenvalue weighted by molar-refractivity contribution is 5.56. The van der Waals surface area contributed by atoms with Crippen molar-refractivity contribution in [2.45, 2.75) is 6.92 Å². The van der Waals surface area contributed by atoms with E-state index >= 15 is 0 Å². The van der Waals surface area contributed by atoms with E-state index in [-0.39, 0.29) is 17.1 Å². The molecule has 112 valence electrons. The fourth-order valence-electron chi connectivity index (χ4n) is 1.88. The monoisotopic (exact) mass is 298 g/mol. The zero-order chi connectivity index (χ0) is 16.3. The molecular weight excluding hydrogens is 284 g/mol. The number of hydrogen-bond donors (Lipinski definition) is 1. The molecule has 1 aromatic carbocycles. The Bertz CT molecular complexity index is 830. The van der Waals surface area contributed by atoms with Crippen molar-refractivity contribution in [2.75, 3.05) is 7.11 Å². The standard InChI is InChI=1S/C15H14N4O3/c1-9-12(8-16)14(20)19(2)15(21)13(9)18-17-10-4-6-11(22-3)7-5-10/h4-7,20H,1-3H3. The third-order valence-corrected chi connectivity index (χ3v) is 3.23. The van der Waals surface area contributed by atoms with Gasteiger partial charge < -0.3 is 9.84 Å². The SMILES string of the molecule is COc1ccc(N=Nc2c(C)c(C#N)c(O)n(C)c2=O)cc1. The van der Waals surface area contributed by atoms with Crippen LogP contribution in [-0.2, 0) is 7.05 Å². The predicted molar refractivity (Wildman–Crippen MR) is 80.0 cm³/mol. The first kappa shape index (κ1) is 15.3. The Balaban J connectivity index is 2.49. The van der Waals surface area contributed by atoms with Gasteiger partial charge in [0.1, 0.15) is 17.4 Å². The maximum absolute atomic E-state index is 12.1. The molecule has 2 rings (SSSR count). The van der Waals surface area contributed by atoms with Crippen molar-refractivity contribution in [3.05, 3.63) is 45.7 Å². The minimum Gasteiger partial charge on any atom is -0.497 e. The first-order valence-electron chi connectivity index (χ1n) is 6.38. The van der Waals surface area contributed by atoms with E-state index in [1.54, 1.807) is 38.3 Å². The molecule has 7 nitrogen and oxygen atoms in total. The summed E-state index contributed by atoms with van der Waals surface area (Å²) in [6.45, 7) is 1.54. The molecule has 0 aliphatic heterocycles. The summed E-state index contributed by atoms with van der Waals surface area (Å²) in [7, 11) is 2.92. The minimum atomic E-state index is -0.522. The smallest absolute Gasteiger partial charge is 0.281 e. The second-order valence-electron chi connectivity index (χ2n) is 4.55. The molecule has 7 heteroatoms. The highest BCUT2D eigenvalue weighted by Crippen LogP contribution is 2.26. The summed E-state index contributed by atoms with van der Waals surface area (Å²) in [5, 5.41) is 26.8. The fourth-order valence-corrected chi connectivity index (χ4v) is 1.88. The fraction of sp³-hybridized carbons (Fsp3) is 0.200. The van der Waals surface area contributed by atoms with E-state index < -0.39 is 5.56 Å².